The molecule has 0 radical (unpaired) electrons. The number of nitrogens with zero attached hydrogens (tertiary/aromatic N) is 1. The Morgan fingerprint density at radius 2 is 2.18 bits per heavy atom. The second kappa shape index (κ2) is 5.53. The largest absolute Gasteiger partial charge is 0.494 e. The van der Waals surface area contributed by atoms with Crippen LogP contribution >= 0.6 is 0 Å². The third-order valence-electron chi connectivity index (χ3n) is 2.18. The van der Waals surface area contributed by atoms with Gasteiger partial charge in [0.2, 0.25) is 0 Å². The minimum Gasteiger partial charge on any atom is -0.494 e. The van der Waals surface area contributed by atoms with Gasteiger partial charge < -0.3 is 15.2 Å². The lowest BCUT2D eigenvalue weighted by Gasteiger charge is -2.14. The first kappa shape index (κ1) is 13.3. The van der Waals surface area contributed by atoms with Crippen molar-refractivity contribution in [2.75, 3.05) is 14.2 Å². The SMILES string of the molecule is COC(=O)c1cnc(C(F)F)c(OC)c1CN. The van der Waals surface area contributed by atoms with Crippen molar-refractivity contribution >= 4 is 5.97 Å². The molecule has 0 aromatic carbocycles. The number of rotatable bonds is 4. The predicted octanol–water partition coefficient (Wildman–Crippen LogP) is 1.27. The second-order valence-electron chi connectivity index (χ2n) is 3.07. The zero-order valence-corrected chi connectivity index (χ0v) is 9.37. The van der Waals surface area contributed by atoms with Crippen LogP contribution in [0.2, 0.25) is 0 Å². The number of pyridine rings is 1. The summed E-state index contributed by atoms with van der Waals surface area (Å²) in [7, 11) is 2.39. The van der Waals surface area contributed by atoms with E-state index >= 15 is 0 Å². The standard InChI is InChI=1S/C10H12F2N2O3/c1-16-8-5(3-13)6(10(15)17-2)4-14-7(8)9(11)12/h4,9H,3,13H2,1-2H3. The maximum absolute atomic E-state index is 12.6. The fourth-order valence-corrected chi connectivity index (χ4v) is 1.42. The smallest absolute Gasteiger partial charge is 0.339 e. The number of carbonyl (C=O) groups is 1. The van der Waals surface area contributed by atoms with Crippen LogP contribution < -0.4 is 10.5 Å². The molecular weight excluding hydrogens is 234 g/mol. The van der Waals surface area contributed by atoms with Crippen LogP contribution in [0.4, 0.5) is 8.78 Å². The van der Waals surface area contributed by atoms with E-state index in [0.717, 1.165) is 6.20 Å². The highest BCUT2D eigenvalue weighted by molar-refractivity contribution is 5.91. The molecule has 0 fully saturated rings. The van der Waals surface area contributed by atoms with Gasteiger partial charge >= 0.3 is 5.97 Å². The van der Waals surface area contributed by atoms with Gasteiger partial charge in [0.05, 0.1) is 19.8 Å². The van der Waals surface area contributed by atoms with Crippen molar-refractivity contribution in [1.82, 2.24) is 4.98 Å². The molecule has 0 unspecified atom stereocenters. The molecule has 5 nitrogen and oxygen atoms in total. The number of nitrogens with two attached hydrogens (primary N) is 1. The molecule has 17 heavy (non-hydrogen) atoms. The molecule has 0 saturated heterocycles. The monoisotopic (exact) mass is 246 g/mol. The molecule has 1 rings (SSSR count). The fraction of sp³-hybridized carbons (Fsp3) is 0.400. The zero-order chi connectivity index (χ0) is 13.0. The lowest BCUT2D eigenvalue weighted by atomic mass is 10.1. The average Bonchev–Trinajstić information content (AvgIpc) is 2.35. The van der Waals surface area contributed by atoms with E-state index in [0.29, 0.717) is 0 Å². The second-order valence-corrected chi connectivity index (χ2v) is 3.07. The minimum atomic E-state index is -2.80. The van der Waals surface area contributed by atoms with E-state index < -0.39 is 18.1 Å². The highest BCUT2D eigenvalue weighted by atomic mass is 19.3. The van der Waals surface area contributed by atoms with E-state index in [4.69, 9.17) is 10.5 Å². The summed E-state index contributed by atoms with van der Waals surface area (Å²) in [6.07, 6.45) is -1.79. The first-order valence-corrected chi connectivity index (χ1v) is 4.69. The van der Waals surface area contributed by atoms with Gasteiger partial charge in [-0.3, -0.25) is 4.98 Å². The van der Waals surface area contributed by atoms with Gasteiger partial charge in [0, 0.05) is 18.3 Å². The van der Waals surface area contributed by atoms with Crippen LogP contribution in [0.25, 0.3) is 0 Å². The van der Waals surface area contributed by atoms with E-state index in [-0.39, 0.29) is 23.4 Å². The first-order chi connectivity index (χ1) is 8.06. The van der Waals surface area contributed by atoms with Gasteiger partial charge in [-0.1, -0.05) is 0 Å². The van der Waals surface area contributed by atoms with Crippen molar-refractivity contribution in [3.05, 3.63) is 23.0 Å². The third kappa shape index (κ3) is 2.50. The molecule has 1 aromatic rings. The van der Waals surface area contributed by atoms with Crippen LogP contribution in [0.1, 0.15) is 28.0 Å². The number of hydrogen-bond donors (Lipinski definition) is 1. The van der Waals surface area contributed by atoms with Gasteiger partial charge in [-0.2, -0.15) is 0 Å². The summed E-state index contributed by atoms with van der Waals surface area (Å²) >= 11 is 0. The number of esters is 1. The highest BCUT2D eigenvalue weighted by Gasteiger charge is 2.24. The van der Waals surface area contributed by atoms with Gasteiger partial charge in [0.25, 0.3) is 6.43 Å². The van der Waals surface area contributed by atoms with Crippen LogP contribution in [0, 0.1) is 0 Å². The van der Waals surface area contributed by atoms with Crippen molar-refractivity contribution in [2.24, 2.45) is 5.73 Å². The van der Waals surface area contributed by atoms with E-state index in [1.807, 2.05) is 0 Å². The summed E-state index contributed by atoms with van der Waals surface area (Å²) in [4.78, 5) is 14.9. The lowest BCUT2D eigenvalue weighted by molar-refractivity contribution is 0.0597. The molecular formula is C10H12F2N2O3. The summed E-state index contributed by atoms with van der Waals surface area (Å²) in [5, 5.41) is 0. The van der Waals surface area contributed by atoms with Crippen LogP contribution in [-0.4, -0.2) is 25.2 Å². The Morgan fingerprint density at radius 3 is 2.59 bits per heavy atom. The van der Waals surface area contributed by atoms with Gasteiger partial charge in [0.15, 0.2) is 5.75 Å². The first-order valence-electron chi connectivity index (χ1n) is 4.69. The van der Waals surface area contributed by atoms with Crippen molar-refractivity contribution in [2.45, 2.75) is 13.0 Å². The molecule has 1 heterocycles. The molecule has 0 aliphatic carbocycles. The summed E-state index contributed by atoms with van der Waals surface area (Å²) in [6.45, 7) is -0.129. The number of aromatic nitrogens is 1. The molecule has 0 bridgehead atoms. The maximum atomic E-state index is 12.6. The van der Waals surface area contributed by atoms with Crippen molar-refractivity contribution in [3.8, 4) is 5.75 Å². The van der Waals surface area contributed by atoms with Crippen molar-refractivity contribution in [1.29, 1.82) is 0 Å². The number of halogens is 2. The number of alkyl halides is 2. The molecule has 2 N–H and O–H groups in total. The molecule has 0 saturated carbocycles. The normalized spacial score (nSPS) is 10.5. The highest BCUT2D eigenvalue weighted by Crippen LogP contribution is 2.32. The van der Waals surface area contributed by atoms with Gasteiger partial charge in [-0.25, -0.2) is 13.6 Å². The van der Waals surface area contributed by atoms with Crippen LogP contribution in [0.5, 0.6) is 5.75 Å². The summed E-state index contributed by atoms with van der Waals surface area (Å²) in [5.74, 6) is -0.873. The Labute approximate surface area is 96.5 Å². The third-order valence-corrected chi connectivity index (χ3v) is 2.18. The molecule has 0 atom stereocenters. The topological polar surface area (TPSA) is 74.4 Å². The Morgan fingerprint density at radius 1 is 1.53 bits per heavy atom. The summed E-state index contributed by atoms with van der Waals surface area (Å²) in [5.41, 5.74) is 5.07. The van der Waals surface area contributed by atoms with E-state index in [9.17, 15) is 13.6 Å². The van der Waals surface area contributed by atoms with Crippen molar-refractivity contribution < 1.29 is 23.0 Å². The molecule has 1 aromatic heterocycles. The minimum absolute atomic E-state index is 0.0243. The molecule has 0 spiro atoms. The van der Waals surface area contributed by atoms with E-state index in [1.165, 1.54) is 14.2 Å². The summed E-state index contributed by atoms with van der Waals surface area (Å²) < 4.78 is 34.6. The van der Waals surface area contributed by atoms with Gasteiger partial charge in [-0.05, 0) is 0 Å². The number of hydrogen-bond acceptors (Lipinski definition) is 5. The molecule has 0 aliphatic heterocycles. The Hall–Kier alpha value is -1.76. The van der Waals surface area contributed by atoms with E-state index in [1.54, 1.807) is 0 Å². The number of ether oxygens (including phenoxy) is 2. The van der Waals surface area contributed by atoms with E-state index in [2.05, 4.69) is 9.72 Å². The molecule has 0 amide bonds. The Bertz CT molecular complexity index is 424. The lowest BCUT2D eigenvalue weighted by Crippen LogP contribution is -2.13. The molecule has 7 heteroatoms. The maximum Gasteiger partial charge on any atom is 0.339 e. The van der Waals surface area contributed by atoms with Gasteiger partial charge in [0.1, 0.15) is 5.69 Å². The average molecular weight is 246 g/mol. The van der Waals surface area contributed by atoms with Crippen LogP contribution in [0.15, 0.2) is 6.20 Å². The van der Waals surface area contributed by atoms with Crippen molar-refractivity contribution in [3.63, 3.8) is 0 Å². The van der Waals surface area contributed by atoms with Gasteiger partial charge in [-0.15, -0.1) is 0 Å². The number of methoxy groups -OCH3 is 2. The molecule has 94 valence electrons. The van der Waals surface area contributed by atoms with Crippen LogP contribution in [-0.2, 0) is 11.3 Å². The summed E-state index contributed by atoms with van der Waals surface area (Å²) in [6, 6.07) is 0. The fourth-order valence-electron chi connectivity index (χ4n) is 1.42. The Balaban J connectivity index is 3.42. The quantitative estimate of drug-likeness (QED) is 0.810. The number of carbonyl (C=O) groups excluding carboxylic acids is 1. The molecule has 0 aliphatic rings. The Kier molecular flexibility index (Phi) is 4.33. The predicted molar refractivity (Wildman–Crippen MR) is 55.0 cm³/mol. The zero-order valence-electron chi connectivity index (χ0n) is 9.37. The van der Waals surface area contributed by atoms with Crippen LogP contribution in [0.3, 0.4) is 0 Å².